The van der Waals surface area contributed by atoms with Crippen molar-refractivity contribution in [3.05, 3.63) is 35.5 Å². The van der Waals surface area contributed by atoms with Gasteiger partial charge >= 0.3 is 6.09 Å². The first-order valence-corrected chi connectivity index (χ1v) is 11.1. The smallest absolute Gasteiger partial charge is 0.425 e. The predicted octanol–water partition coefficient (Wildman–Crippen LogP) is 3.93. The van der Waals surface area contributed by atoms with Crippen molar-refractivity contribution >= 4 is 36.7 Å². The molecule has 3 rings (SSSR count). The summed E-state index contributed by atoms with van der Waals surface area (Å²) < 4.78 is 25.3. The molecule has 2 heterocycles. The lowest BCUT2D eigenvalue weighted by Crippen LogP contribution is -2.27. The summed E-state index contributed by atoms with van der Waals surface area (Å²) in [5, 5.41) is 0. The minimum absolute atomic E-state index is 0.315. The van der Waals surface area contributed by atoms with Gasteiger partial charge in [0.25, 0.3) is 6.64 Å². The van der Waals surface area contributed by atoms with Crippen molar-refractivity contribution in [3.63, 3.8) is 0 Å². The van der Waals surface area contributed by atoms with Crippen molar-refractivity contribution in [2.75, 3.05) is 27.3 Å². The van der Waals surface area contributed by atoms with E-state index in [0.717, 1.165) is 24.1 Å². The number of carbonyl (C=O) groups is 1. The fraction of sp³-hybridized carbons (Fsp3) is 0.533. The van der Waals surface area contributed by atoms with E-state index in [1.807, 2.05) is 26.0 Å². The van der Waals surface area contributed by atoms with Gasteiger partial charge in [-0.3, -0.25) is 0 Å². The van der Waals surface area contributed by atoms with Crippen LogP contribution in [0.25, 0.3) is 0 Å². The van der Waals surface area contributed by atoms with Crippen molar-refractivity contribution < 1.29 is 23.3 Å². The molecule has 138 valence electrons. The number of amides is 1. The van der Waals surface area contributed by atoms with Crippen molar-refractivity contribution in [1.29, 1.82) is 0 Å². The summed E-state index contributed by atoms with van der Waals surface area (Å²) in [5.74, 6) is 1.17. The van der Waals surface area contributed by atoms with Gasteiger partial charge in [-0.05, 0) is 29.9 Å². The molecule has 1 amide bonds. The number of allylic oxidation sites excluding steroid dienone is 4. The Kier molecular flexibility index (Phi) is 5.35. The Morgan fingerprint density at radius 2 is 2.04 bits per heavy atom. The largest absolute Gasteiger partial charge is 0.461 e. The van der Waals surface area contributed by atoms with Gasteiger partial charge < -0.3 is 18.5 Å². The number of nitrogens with zero attached hydrogens (tertiary/aromatic N) is 2. The summed E-state index contributed by atoms with van der Waals surface area (Å²) in [7, 11) is 3.37. The van der Waals surface area contributed by atoms with Crippen molar-refractivity contribution in [1.82, 2.24) is 8.38 Å². The van der Waals surface area contributed by atoms with Crippen LogP contribution in [0.4, 0.5) is 4.79 Å². The van der Waals surface area contributed by atoms with Gasteiger partial charge in [-0.25, -0.2) is 9.10 Å². The first kappa shape index (κ1) is 18.9. The van der Waals surface area contributed by atoms with Crippen LogP contribution < -0.4 is 0 Å². The van der Waals surface area contributed by atoms with E-state index in [4.69, 9.17) is 30.3 Å². The third-order valence-electron chi connectivity index (χ3n) is 3.93. The Balaban J connectivity index is 1.68. The lowest BCUT2D eigenvalue weighted by Gasteiger charge is -2.28. The SMILES string of the molecule is CN(SN(C)P1(=S)OCCO1)C(=O)OC1=C2OC=CC=C2CC1(C)C. The van der Waals surface area contributed by atoms with Crippen molar-refractivity contribution in [2.45, 2.75) is 20.3 Å². The van der Waals surface area contributed by atoms with Gasteiger partial charge in [-0.2, -0.15) is 4.08 Å². The fourth-order valence-corrected chi connectivity index (χ4v) is 5.87. The van der Waals surface area contributed by atoms with Gasteiger partial charge in [0.05, 0.1) is 31.6 Å². The number of carbonyl (C=O) groups excluding carboxylic acids is 1. The fourth-order valence-electron chi connectivity index (χ4n) is 2.71. The van der Waals surface area contributed by atoms with E-state index >= 15 is 0 Å². The van der Waals surface area contributed by atoms with Gasteiger partial charge in [0.15, 0.2) is 11.5 Å². The molecule has 0 N–H and O–H groups in total. The highest BCUT2D eigenvalue weighted by molar-refractivity contribution is 8.15. The summed E-state index contributed by atoms with van der Waals surface area (Å²) in [6.07, 6.45) is 5.65. The van der Waals surface area contributed by atoms with Crippen molar-refractivity contribution in [3.8, 4) is 0 Å². The molecule has 0 unspecified atom stereocenters. The molecule has 1 saturated heterocycles. The van der Waals surface area contributed by atoms with Gasteiger partial charge in [0.1, 0.15) is 0 Å². The number of hydrogen-bond donors (Lipinski definition) is 0. The molecule has 25 heavy (non-hydrogen) atoms. The van der Waals surface area contributed by atoms with Crippen LogP contribution in [0, 0.1) is 5.41 Å². The third-order valence-corrected chi connectivity index (χ3v) is 8.81. The van der Waals surface area contributed by atoms with E-state index < -0.39 is 12.7 Å². The van der Waals surface area contributed by atoms with Crippen LogP contribution >= 0.6 is 18.8 Å². The third kappa shape index (κ3) is 3.82. The molecule has 1 aliphatic carbocycles. The Morgan fingerprint density at radius 1 is 1.36 bits per heavy atom. The van der Waals surface area contributed by atoms with E-state index in [1.165, 1.54) is 4.31 Å². The van der Waals surface area contributed by atoms with Crippen LogP contribution in [0.2, 0.25) is 0 Å². The molecule has 0 atom stereocenters. The van der Waals surface area contributed by atoms with E-state index in [2.05, 4.69) is 0 Å². The van der Waals surface area contributed by atoms with Crippen LogP contribution in [0.5, 0.6) is 0 Å². The van der Waals surface area contributed by atoms with Crippen LogP contribution in [-0.2, 0) is 30.3 Å². The minimum atomic E-state index is -2.51. The highest BCUT2D eigenvalue weighted by atomic mass is 32.5. The molecule has 0 aromatic rings. The summed E-state index contributed by atoms with van der Waals surface area (Å²) >= 11 is 6.51. The Morgan fingerprint density at radius 3 is 2.72 bits per heavy atom. The predicted molar refractivity (Wildman–Crippen MR) is 99.5 cm³/mol. The number of fused-ring (bicyclic) bond motifs is 1. The van der Waals surface area contributed by atoms with Gasteiger partial charge in [-0.15, -0.1) is 0 Å². The standard InChI is InChI=1S/C15H21N2O5PS2/c1-15(2)10-11-6-5-7-19-12(11)13(15)22-14(18)16(3)25-17(4)23(24)20-8-9-21-23/h5-7H,8-10H2,1-4H3. The lowest BCUT2D eigenvalue weighted by molar-refractivity contribution is 0.134. The molecular weight excluding hydrogens is 383 g/mol. The van der Waals surface area contributed by atoms with Crippen LogP contribution in [0.1, 0.15) is 20.3 Å². The number of rotatable bonds is 4. The maximum absolute atomic E-state index is 12.5. The zero-order valence-corrected chi connectivity index (χ0v) is 17.1. The molecule has 10 heteroatoms. The molecular formula is C15H21N2O5PS2. The van der Waals surface area contributed by atoms with Gasteiger partial charge in [-0.1, -0.05) is 19.9 Å². The first-order valence-electron chi connectivity index (χ1n) is 7.77. The molecule has 0 saturated carbocycles. The molecule has 2 aliphatic heterocycles. The maximum atomic E-state index is 12.5. The highest BCUT2D eigenvalue weighted by Crippen LogP contribution is 2.58. The molecule has 3 aliphatic rings. The van der Waals surface area contributed by atoms with E-state index in [1.54, 1.807) is 24.4 Å². The monoisotopic (exact) mass is 404 g/mol. The molecule has 0 bridgehead atoms. The second-order valence-corrected chi connectivity index (χ2v) is 11.4. The maximum Gasteiger partial charge on any atom is 0.425 e. The second kappa shape index (κ2) is 7.06. The average Bonchev–Trinajstić information content (AvgIpc) is 3.10. The number of hydrogen-bond acceptors (Lipinski definition) is 7. The molecule has 0 aromatic heterocycles. The molecule has 0 aromatic carbocycles. The topological polar surface area (TPSA) is 60.5 Å². The van der Waals surface area contributed by atoms with E-state index in [-0.39, 0.29) is 5.41 Å². The Hall–Kier alpha value is -0.830. The van der Waals surface area contributed by atoms with E-state index in [0.29, 0.717) is 24.7 Å². The average molecular weight is 404 g/mol. The molecule has 0 spiro atoms. The Bertz CT molecular complexity index is 709. The summed E-state index contributed by atoms with van der Waals surface area (Å²) in [6.45, 7) is 2.48. The molecule has 1 fully saturated rings. The molecule has 7 nitrogen and oxygen atoms in total. The number of ether oxygens (including phenoxy) is 2. The summed E-state index contributed by atoms with van der Waals surface area (Å²) in [6, 6.07) is 0. The van der Waals surface area contributed by atoms with Crippen LogP contribution in [-0.4, -0.2) is 41.8 Å². The van der Waals surface area contributed by atoms with Gasteiger partial charge in [0, 0.05) is 19.5 Å². The summed E-state index contributed by atoms with van der Waals surface area (Å²) in [5.41, 5.74) is 0.718. The van der Waals surface area contributed by atoms with Crippen LogP contribution in [0.3, 0.4) is 0 Å². The normalized spacial score (nSPS) is 23.3. The highest BCUT2D eigenvalue weighted by Gasteiger charge is 2.41. The van der Waals surface area contributed by atoms with Crippen molar-refractivity contribution in [2.24, 2.45) is 5.41 Å². The quantitative estimate of drug-likeness (QED) is 0.516. The zero-order chi connectivity index (χ0) is 18.2. The van der Waals surface area contributed by atoms with Crippen LogP contribution in [0.15, 0.2) is 35.5 Å². The molecule has 0 radical (unpaired) electrons. The van der Waals surface area contributed by atoms with Gasteiger partial charge in [0.2, 0.25) is 0 Å². The lowest BCUT2D eigenvalue weighted by atomic mass is 9.90. The minimum Gasteiger partial charge on any atom is -0.461 e. The second-order valence-electron chi connectivity index (χ2n) is 6.40. The summed E-state index contributed by atoms with van der Waals surface area (Å²) in [4.78, 5) is 12.5. The van der Waals surface area contributed by atoms with E-state index in [9.17, 15) is 4.79 Å². The Labute approximate surface area is 157 Å². The first-order chi connectivity index (χ1) is 11.7. The zero-order valence-electron chi connectivity index (χ0n) is 14.6.